The number of benzene rings is 3. The Hall–Kier alpha value is -3.45. The van der Waals surface area contributed by atoms with Crippen LogP contribution >= 0.6 is 11.6 Å². The number of likely N-dealkylation sites (tertiary alicyclic amines) is 1. The normalized spacial score (nSPS) is 17.8. The third-order valence-corrected chi connectivity index (χ3v) is 8.08. The first-order valence-electron chi connectivity index (χ1n) is 13.2. The third-order valence-electron chi connectivity index (χ3n) is 7.83. The molecular formula is C31H30ClN3O3. The third kappa shape index (κ3) is 4.33. The molecule has 1 fully saturated rings. The van der Waals surface area contributed by atoms with Crippen LogP contribution in [0.2, 0.25) is 5.02 Å². The van der Waals surface area contributed by atoms with E-state index in [2.05, 4.69) is 9.47 Å². The average Bonchev–Trinajstić information content (AvgIpc) is 3.35. The molecule has 1 unspecified atom stereocenters. The summed E-state index contributed by atoms with van der Waals surface area (Å²) in [6.07, 6.45) is 2.50. The Morgan fingerprint density at radius 1 is 1.00 bits per heavy atom. The van der Waals surface area contributed by atoms with Gasteiger partial charge in [0.15, 0.2) is 12.0 Å². The second-order valence-corrected chi connectivity index (χ2v) is 10.7. The van der Waals surface area contributed by atoms with Crippen LogP contribution in [0, 0.1) is 6.92 Å². The molecule has 6 rings (SSSR count). The average molecular weight is 528 g/mol. The number of carbonyl (C=O) groups excluding carboxylic acids is 2. The zero-order valence-electron chi connectivity index (χ0n) is 21.4. The van der Waals surface area contributed by atoms with Gasteiger partial charge in [0.05, 0.1) is 12.1 Å². The standard InChI is InChI=1S/C31H30ClN3O3/c1-20-29(28(36)19-33-15-5-2-6-16-33)26-14-9-21(17-27(26)35(20)23-12-10-22(32)11-13-23)18-34-30(37)24-7-3-4-8-25(24)31(34)38/h3-4,7-14,17,30,37H,2,5-6,15-16,18-19H2,1H3. The predicted molar refractivity (Wildman–Crippen MR) is 149 cm³/mol. The van der Waals surface area contributed by atoms with Crippen molar-refractivity contribution in [3.8, 4) is 5.69 Å². The molecule has 0 bridgehead atoms. The first kappa shape index (κ1) is 24.9. The van der Waals surface area contributed by atoms with Gasteiger partial charge < -0.3 is 14.6 Å². The van der Waals surface area contributed by atoms with Gasteiger partial charge >= 0.3 is 0 Å². The number of hydrogen-bond donors (Lipinski definition) is 1. The number of aliphatic hydroxyl groups excluding tert-OH is 1. The number of fused-ring (bicyclic) bond motifs is 2. The number of carbonyl (C=O) groups is 2. The number of halogens is 1. The van der Waals surface area contributed by atoms with E-state index in [0.29, 0.717) is 22.7 Å². The van der Waals surface area contributed by atoms with Crippen LogP contribution in [-0.2, 0) is 6.54 Å². The van der Waals surface area contributed by atoms with Crippen LogP contribution in [-0.4, -0.2) is 50.8 Å². The minimum absolute atomic E-state index is 0.121. The summed E-state index contributed by atoms with van der Waals surface area (Å²) >= 11 is 6.18. The Balaban J connectivity index is 1.40. The van der Waals surface area contributed by atoms with Gasteiger partial charge in [-0.2, -0.15) is 0 Å². The number of nitrogens with zero attached hydrogens (tertiary/aromatic N) is 3. The van der Waals surface area contributed by atoms with E-state index in [-0.39, 0.29) is 18.2 Å². The quantitative estimate of drug-likeness (QED) is 0.317. The molecule has 0 radical (unpaired) electrons. The highest BCUT2D eigenvalue weighted by molar-refractivity contribution is 6.30. The van der Waals surface area contributed by atoms with Crippen LogP contribution in [0.25, 0.3) is 16.6 Å². The van der Waals surface area contributed by atoms with E-state index >= 15 is 0 Å². The number of amides is 1. The van der Waals surface area contributed by atoms with E-state index < -0.39 is 6.23 Å². The van der Waals surface area contributed by atoms with Gasteiger partial charge in [-0.1, -0.05) is 48.4 Å². The second-order valence-electron chi connectivity index (χ2n) is 10.3. The molecule has 194 valence electrons. The summed E-state index contributed by atoms with van der Waals surface area (Å²) in [5.74, 6) is -0.0645. The number of rotatable bonds is 6. The van der Waals surface area contributed by atoms with E-state index in [1.54, 1.807) is 12.1 Å². The lowest BCUT2D eigenvalue weighted by molar-refractivity contribution is 0.0137. The number of aromatic nitrogens is 1. The Bertz CT molecular complexity index is 1540. The van der Waals surface area contributed by atoms with Crippen molar-refractivity contribution in [2.24, 2.45) is 0 Å². The monoisotopic (exact) mass is 527 g/mol. The number of aliphatic hydroxyl groups is 1. The fraction of sp³-hybridized carbons (Fsp3) is 0.290. The second kappa shape index (κ2) is 10.0. The molecule has 2 aliphatic rings. The Labute approximate surface area is 227 Å². The maximum absolute atomic E-state index is 13.7. The molecule has 4 aromatic rings. The van der Waals surface area contributed by atoms with Crippen LogP contribution in [0.1, 0.15) is 63.0 Å². The zero-order chi connectivity index (χ0) is 26.4. The van der Waals surface area contributed by atoms with Gasteiger partial charge in [-0.3, -0.25) is 14.5 Å². The summed E-state index contributed by atoms with van der Waals surface area (Å²) < 4.78 is 2.09. The van der Waals surface area contributed by atoms with Crippen molar-refractivity contribution >= 4 is 34.2 Å². The van der Waals surface area contributed by atoms with E-state index in [1.165, 1.54) is 11.3 Å². The van der Waals surface area contributed by atoms with Gasteiger partial charge in [0.1, 0.15) is 0 Å². The molecule has 1 N–H and O–H groups in total. The number of piperidine rings is 1. The molecule has 0 aliphatic carbocycles. The summed E-state index contributed by atoms with van der Waals surface area (Å²) in [6.45, 7) is 4.57. The van der Waals surface area contributed by atoms with Gasteiger partial charge in [-0.25, -0.2) is 0 Å². The van der Waals surface area contributed by atoms with Crippen molar-refractivity contribution in [2.45, 2.75) is 39.0 Å². The van der Waals surface area contributed by atoms with Crippen molar-refractivity contribution in [2.75, 3.05) is 19.6 Å². The first-order chi connectivity index (χ1) is 18.4. The van der Waals surface area contributed by atoms with E-state index in [0.717, 1.165) is 59.3 Å². The maximum Gasteiger partial charge on any atom is 0.256 e. The fourth-order valence-electron chi connectivity index (χ4n) is 5.94. The van der Waals surface area contributed by atoms with Gasteiger partial charge in [0.2, 0.25) is 0 Å². The van der Waals surface area contributed by atoms with Crippen molar-refractivity contribution in [1.29, 1.82) is 0 Å². The van der Waals surface area contributed by atoms with Crippen LogP contribution in [0.15, 0.2) is 66.7 Å². The Kier molecular flexibility index (Phi) is 6.56. The SMILES string of the molecule is Cc1c(C(=O)CN2CCCCC2)c2ccc(CN3C(=O)c4ccccc4C3O)cc2n1-c1ccc(Cl)cc1. The van der Waals surface area contributed by atoms with Crippen molar-refractivity contribution in [3.63, 3.8) is 0 Å². The molecule has 0 saturated carbocycles. The summed E-state index contributed by atoms with van der Waals surface area (Å²) in [5.41, 5.74) is 5.46. The van der Waals surface area contributed by atoms with Gasteiger partial charge in [0.25, 0.3) is 5.91 Å². The molecule has 0 spiro atoms. The molecule has 2 aliphatic heterocycles. The van der Waals surface area contributed by atoms with Crippen molar-refractivity contribution in [3.05, 3.63) is 99.7 Å². The summed E-state index contributed by atoms with van der Waals surface area (Å²) in [7, 11) is 0. The molecule has 7 heteroatoms. The molecule has 3 aromatic carbocycles. The highest BCUT2D eigenvalue weighted by Crippen LogP contribution is 2.35. The van der Waals surface area contributed by atoms with Crippen LogP contribution in [0.4, 0.5) is 0 Å². The maximum atomic E-state index is 13.7. The van der Waals surface area contributed by atoms with Gasteiger partial charge in [-0.05, 0) is 74.8 Å². The van der Waals surface area contributed by atoms with Crippen LogP contribution < -0.4 is 0 Å². The molecule has 1 atom stereocenters. The van der Waals surface area contributed by atoms with Crippen LogP contribution in [0.5, 0.6) is 0 Å². The highest BCUT2D eigenvalue weighted by Gasteiger charge is 2.35. The first-order valence-corrected chi connectivity index (χ1v) is 13.5. The Morgan fingerprint density at radius 3 is 2.47 bits per heavy atom. The smallest absolute Gasteiger partial charge is 0.256 e. The number of Topliss-reactive ketones (excluding diaryl/α,β-unsaturated/α-hetero) is 1. The highest BCUT2D eigenvalue weighted by atomic mass is 35.5. The molecule has 6 nitrogen and oxygen atoms in total. The topological polar surface area (TPSA) is 65.8 Å². The van der Waals surface area contributed by atoms with Gasteiger partial charge in [-0.15, -0.1) is 0 Å². The molecule has 1 aromatic heterocycles. The van der Waals surface area contributed by atoms with Gasteiger partial charge in [0, 0.05) is 45.0 Å². The summed E-state index contributed by atoms with van der Waals surface area (Å²) in [6, 6.07) is 20.7. The molecule has 38 heavy (non-hydrogen) atoms. The predicted octanol–water partition coefficient (Wildman–Crippen LogP) is 5.91. The minimum atomic E-state index is -0.985. The van der Waals surface area contributed by atoms with E-state index in [9.17, 15) is 14.7 Å². The number of ketones is 1. The summed E-state index contributed by atoms with van der Waals surface area (Å²) in [5, 5.41) is 12.4. The molecule has 1 saturated heterocycles. The van der Waals surface area contributed by atoms with Crippen LogP contribution in [0.3, 0.4) is 0 Å². The lowest BCUT2D eigenvalue weighted by Gasteiger charge is -2.25. The van der Waals surface area contributed by atoms with Crippen molar-refractivity contribution in [1.82, 2.24) is 14.4 Å². The Morgan fingerprint density at radius 2 is 1.74 bits per heavy atom. The number of hydrogen-bond acceptors (Lipinski definition) is 4. The summed E-state index contributed by atoms with van der Waals surface area (Å²) in [4.78, 5) is 30.4. The lowest BCUT2D eigenvalue weighted by atomic mass is 10.0. The van der Waals surface area contributed by atoms with E-state index in [1.807, 2.05) is 61.5 Å². The molecule has 1 amide bonds. The van der Waals surface area contributed by atoms with E-state index in [4.69, 9.17) is 11.6 Å². The molecule has 3 heterocycles. The molecular weight excluding hydrogens is 498 g/mol. The lowest BCUT2D eigenvalue weighted by Crippen LogP contribution is -2.34. The zero-order valence-corrected chi connectivity index (χ0v) is 22.1. The van der Waals surface area contributed by atoms with Crippen molar-refractivity contribution < 1.29 is 14.7 Å². The fourth-order valence-corrected chi connectivity index (χ4v) is 6.07. The largest absolute Gasteiger partial charge is 0.369 e. The minimum Gasteiger partial charge on any atom is -0.369 e.